The van der Waals surface area contributed by atoms with Crippen LogP contribution in [0.2, 0.25) is 0 Å². The summed E-state index contributed by atoms with van der Waals surface area (Å²) in [5, 5.41) is 0. The molecule has 1 aromatic carbocycles. The summed E-state index contributed by atoms with van der Waals surface area (Å²) < 4.78 is 5.58. The van der Waals surface area contributed by atoms with Crippen LogP contribution in [0.15, 0.2) is 24.3 Å². The summed E-state index contributed by atoms with van der Waals surface area (Å²) in [6, 6.07) is 8.26. The zero-order valence-corrected chi connectivity index (χ0v) is 10.3. The molecule has 1 rings (SSSR count). The molecule has 0 saturated carbocycles. The van der Waals surface area contributed by atoms with Crippen molar-refractivity contribution in [1.29, 1.82) is 0 Å². The van der Waals surface area contributed by atoms with Gasteiger partial charge in [0.25, 0.3) is 0 Å². The molecule has 0 bridgehead atoms. The molecule has 0 radical (unpaired) electrons. The summed E-state index contributed by atoms with van der Waals surface area (Å²) in [5.74, 6) is 1.50. The first kappa shape index (κ1) is 12.3. The van der Waals surface area contributed by atoms with Crippen LogP contribution in [0.3, 0.4) is 0 Å². The molecule has 1 aromatic rings. The Morgan fingerprint density at radius 3 is 2.53 bits per heavy atom. The molecule has 84 valence electrons. The Hall–Kier alpha value is -0.730. The van der Waals surface area contributed by atoms with Crippen molar-refractivity contribution in [2.45, 2.75) is 13.0 Å². The molecule has 0 amide bonds. The molecule has 0 saturated heterocycles. The number of nitrogens with zero attached hydrogens (tertiary/aromatic N) is 1. The Labute approximate surface area is 96.8 Å². The van der Waals surface area contributed by atoms with Gasteiger partial charge >= 0.3 is 0 Å². The highest BCUT2D eigenvalue weighted by molar-refractivity contribution is 6.18. The monoisotopic (exact) mass is 227 g/mol. The largest absolute Gasteiger partial charge is 0.494 e. The Balaban J connectivity index is 2.99. The van der Waals surface area contributed by atoms with Gasteiger partial charge < -0.3 is 9.64 Å². The molecule has 0 aliphatic carbocycles. The highest BCUT2D eigenvalue weighted by Gasteiger charge is 2.16. The molecule has 3 heteroatoms. The summed E-state index contributed by atoms with van der Waals surface area (Å²) in [4.78, 5) is 2.10. The summed E-state index contributed by atoms with van der Waals surface area (Å²) in [7, 11) is 4.05. The van der Waals surface area contributed by atoms with Crippen LogP contribution in [0, 0.1) is 0 Å². The average Bonchev–Trinajstić information content (AvgIpc) is 2.21. The van der Waals surface area contributed by atoms with E-state index in [1.807, 2.05) is 39.2 Å². The maximum atomic E-state index is 5.97. The molecule has 0 aliphatic heterocycles. The van der Waals surface area contributed by atoms with Crippen LogP contribution in [0.1, 0.15) is 18.5 Å². The molecule has 0 heterocycles. The van der Waals surface area contributed by atoms with E-state index in [1.165, 1.54) is 0 Å². The van der Waals surface area contributed by atoms with Gasteiger partial charge in [-0.3, -0.25) is 0 Å². The number of para-hydroxylation sites is 1. The third-order valence-electron chi connectivity index (χ3n) is 2.35. The van der Waals surface area contributed by atoms with Crippen molar-refractivity contribution in [2.75, 3.05) is 26.6 Å². The minimum atomic E-state index is 0.203. The van der Waals surface area contributed by atoms with Crippen molar-refractivity contribution < 1.29 is 4.74 Å². The van der Waals surface area contributed by atoms with E-state index in [-0.39, 0.29) is 6.04 Å². The lowest BCUT2D eigenvalue weighted by Crippen LogP contribution is -2.22. The summed E-state index contributed by atoms with van der Waals surface area (Å²) >= 11 is 5.97. The van der Waals surface area contributed by atoms with Crippen molar-refractivity contribution in [2.24, 2.45) is 0 Å². The fourth-order valence-electron chi connectivity index (χ4n) is 1.54. The Morgan fingerprint density at radius 1 is 1.33 bits per heavy atom. The molecule has 0 aliphatic rings. The first-order chi connectivity index (χ1) is 7.20. The fraction of sp³-hybridized carbons (Fsp3) is 0.500. The van der Waals surface area contributed by atoms with E-state index in [0.29, 0.717) is 12.5 Å². The average molecular weight is 228 g/mol. The van der Waals surface area contributed by atoms with E-state index in [9.17, 15) is 0 Å². The van der Waals surface area contributed by atoms with Gasteiger partial charge in [0.05, 0.1) is 12.6 Å². The smallest absolute Gasteiger partial charge is 0.124 e. The van der Waals surface area contributed by atoms with Gasteiger partial charge in [-0.2, -0.15) is 0 Å². The van der Waals surface area contributed by atoms with E-state index in [2.05, 4.69) is 11.0 Å². The number of alkyl halides is 1. The van der Waals surface area contributed by atoms with Crippen LogP contribution < -0.4 is 4.74 Å². The first-order valence-corrected chi connectivity index (χ1v) is 5.68. The summed E-state index contributed by atoms with van der Waals surface area (Å²) in [5.41, 5.74) is 1.15. The van der Waals surface area contributed by atoms with Crippen LogP contribution in [-0.4, -0.2) is 31.5 Å². The quantitative estimate of drug-likeness (QED) is 0.718. The molecule has 1 unspecified atom stereocenters. The van der Waals surface area contributed by atoms with E-state index < -0.39 is 0 Å². The third kappa shape index (κ3) is 3.11. The highest BCUT2D eigenvalue weighted by Crippen LogP contribution is 2.28. The Kier molecular flexibility index (Phi) is 4.92. The lowest BCUT2D eigenvalue weighted by molar-refractivity contribution is 0.295. The molecular weight excluding hydrogens is 210 g/mol. The second kappa shape index (κ2) is 5.99. The van der Waals surface area contributed by atoms with Crippen LogP contribution >= 0.6 is 11.6 Å². The maximum Gasteiger partial charge on any atom is 0.124 e. The van der Waals surface area contributed by atoms with Crippen LogP contribution in [0.4, 0.5) is 0 Å². The zero-order chi connectivity index (χ0) is 11.3. The van der Waals surface area contributed by atoms with Gasteiger partial charge in [0.2, 0.25) is 0 Å². The number of hydrogen-bond donors (Lipinski definition) is 0. The van der Waals surface area contributed by atoms with Gasteiger partial charge in [-0.15, -0.1) is 11.6 Å². The standard InChI is InChI=1S/C12H18ClNO/c1-4-15-12-8-6-5-7-10(12)11(9-13)14(2)3/h5-8,11H,4,9H2,1-3H3. The molecule has 0 fully saturated rings. The number of rotatable bonds is 5. The van der Waals surface area contributed by atoms with Crippen molar-refractivity contribution in [3.05, 3.63) is 29.8 Å². The third-order valence-corrected chi connectivity index (χ3v) is 2.64. The Morgan fingerprint density at radius 2 is 2.00 bits per heavy atom. The van der Waals surface area contributed by atoms with Crippen molar-refractivity contribution >= 4 is 11.6 Å². The van der Waals surface area contributed by atoms with Gasteiger partial charge in [0.15, 0.2) is 0 Å². The molecule has 0 spiro atoms. The highest BCUT2D eigenvalue weighted by atomic mass is 35.5. The van der Waals surface area contributed by atoms with Crippen LogP contribution in [-0.2, 0) is 0 Å². The van der Waals surface area contributed by atoms with Gasteiger partial charge in [-0.05, 0) is 27.1 Å². The number of hydrogen-bond acceptors (Lipinski definition) is 2. The van der Waals surface area contributed by atoms with Crippen molar-refractivity contribution in [3.8, 4) is 5.75 Å². The molecule has 2 nitrogen and oxygen atoms in total. The number of benzene rings is 1. The van der Waals surface area contributed by atoms with Gasteiger partial charge in [-0.25, -0.2) is 0 Å². The lowest BCUT2D eigenvalue weighted by atomic mass is 10.1. The summed E-state index contributed by atoms with van der Waals surface area (Å²) in [6.07, 6.45) is 0. The SMILES string of the molecule is CCOc1ccccc1C(CCl)N(C)C. The maximum absolute atomic E-state index is 5.97. The first-order valence-electron chi connectivity index (χ1n) is 5.14. The minimum absolute atomic E-state index is 0.203. The van der Waals surface area contributed by atoms with E-state index >= 15 is 0 Å². The van der Waals surface area contributed by atoms with Gasteiger partial charge in [-0.1, -0.05) is 18.2 Å². The number of halogens is 1. The molecule has 1 atom stereocenters. The zero-order valence-electron chi connectivity index (χ0n) is 9.53. The second-order valence-corrected chi connectivity index (χ2v) is 3.91. The number of ether oxygens (including phenoxy) is 1. The minimum Gasteiger partial charge on any atom is -0.494 e. The molecule has 15 heavy (non-hydrogen) atoms. The van der Waals surface area contributed by atoms with E-state index in [4.69, 9.17) is 16.3 Å². The van der Waals surface area contributed by atoms with Crippen LogP contribution in [0.25, 0.3) is 0 Å². The fourth-order valence-corrected chi connectivity index (χ4v) is 1.98. The van der Waals surface area contributed by atoms with Gasteiger partial charge in [0, 0.05) is 11.4 Å². The Bertz CT molecular complexity index is 301. The molecule has 0 aromatic heterocycles. The second-order valence-electron chi connectivity index (χ2n) is 3.60. The van der Waals surface area contributed by atoms with Gasteiger partial charge in [0.1, 0.15) is 5.75 Å². The molecular formula is C12H18ClNO. The topological polar surface area (TPSA) is 12.5 Å². The van der Waals surface area contributed by atoms with E-state index in [1.54, 1.807) is 0 Å². The normalized spacial score (nSPS) is 12.9. The van der Waals surface area contributed by atoms with E-state index in [0.717, 1.165) is 11.3 Å². The molecule has 0 N–H and O–H groups in total. The predicted molar refractivity (Wildman–Crippen MR) is 64.8 cm³/mol. The lowest BCUT2D eigenvalue weighted by Gasteiger charge is -2.24. The van der Waals surface area contributed by atoms with Crippen molar-refractivity contribution in [1.82, 2.24) is 4.90 Å². The van der Waals surface area contributed by atoms with Crippen molar-refractivity contribution in [3.63, 3.8) is 0 Å². The predicted octanol–water partition coefficient (Wildman–Crippen LogP) is 2.93. The summed E-state index contributed by atoms with van der Waals surface area (Å²) in [6.45, 7) is 2.67. The van der Waals surface area contributed by atoms with Crippen LogP contribution in [0.5, 0.6) is 5.75 Å².